The molecule has 2 aromatic heterocycles. The predicted octanol–water partition coefficient (Wildman–Crippen LogP) is -0.214. The lowest BCUT2D eigenvalue weighted by Crippen LogP contribution is -2.11. The summed E-state index contributed by atoms with van der Waals surface area (Å²) in [6, 6.07) is 0. The maximum Gasteiger partial charge on any atom is 0.176 e. The Bertz CT molecular complexity index is 478. The summed E-state index contributed by atoms with van der Waals surface area (Å²) >= 11 is 0. The van der Waals surface area contributed by atoms with E-state index in [0.717, 1.165) is 5.65 Å². The van der Waals surface area contributed by atoms with Crippen molar-refractivity contribution in [1.29, 1.82) is 5.41 Å². The monoisotopic (exact) mass is 163 g/mol. The zero-order chi connectivity index (χ0) is 8.72. The zero-order valence-electron chi connectivity index (χ0n) is 6.94. The van der Waals surface area contributed by atoms with Gasteiger partial charge in [0.15, 0.2) is 5.49 Å². The Hall–Kier alpha value is -1.65. The van der Waals surface area contributed by atoms with E-state index in [1.165, 1.54) is 0 Å². The van der Waals surface area contributed by atoms with Crippen LogP contribution in [-0.4, -0.2) is 19.1 Å². The second-order valence-electron chi connectivity index (χ2n) is 2.73. The standard InChI is InChI=1S/C7H9N5/c1-11-3-9-5-6(8)10-4-12(2)7(5)11/h3-4,8H,1-2H3. The van der Waals surface area contributed by atoms with Crippen molar-refractivity contribution in [2.75, 3.05) is 0 Å². The van der Waals surface area contributed by atoms with E-state index in [1.807, 2.05) is 23.2 Å². The molecule has 0 saturated carbocycles. The van der Waals surface area contributed by atoms with Crippen molar-refractivity contribution in [3.63, 3.8) is 0 Å². The van der Waals surface area contributed by atoms with Gasteiger partial charge in [0.25, 0.3) is 0 Å². The molecule has 0 amide bonds. The fourth-order valence-electron chi connectivity index (χ4n) is 1.27. The summed E-state index contributed by atoms with van der Waals surface area (Å²) in [6.45, 7) is 0. The Kier molecular flexibility index (Phi) is 1.27. The maximum atomic E-state index is 7.47. The number of nitrogens with one attached hydrogen (secondary N) is 1. The van der Waals surface area contributed by atoms with Gasteiger partial charge in [-0.2, -0.15) is 0 Å². The first-order valence-corrected chi connectivity index (χ1v) is 3.57. The Morgan fingerprint density at radius 1 is 1.17 bits per heavy atom. The predicted molar refractivity (Wildman–Crippen MR) is 43.3 cm³/mol. The fourth-order valence-corrected chi connectivity index (χ4v) is 1.27. The molecule has 0 bridgehead atoms. The van der Waals surface area contributed by atoms with Crippen molar-refractivity contribution in [1.82, 2.24) is 19.1 Å². The van der Waals surface area contributed by atoms with Crippen LogP contribution in [0.4, 0.5) is 0 Å². The van der Waals surface area contributed by atoms with E-state index < -0.39 is 0 Å². The Balaban J connectivity index is 3.09. The lowest BCUT2D eigenvalue weighted by atomic mass is 10.5. The third-order valence-electron chi connectivity index (χ3n) is 1.82. The quantitative estimate of drug-likeness (QED) is 0.584. The van der Waals surface area contributed by atoms with Crippen molar-refractivity contribution in [3.05, 3.63) is 18.1 Å². The topological polar surface area (TPSA) is 59.5 Å². The molecule has 0 radical (unpaired) electrons. The number of hydrogen-bond donors (Lipinski definition) is 1. The summed E-state index contributed by atoms with van der Waals surface area (Å²) in [5.41, 5.74) is 1.78. The van der Waals surface area contributed by atoms with Gasteiger partial charge in [-0.15, -0.1) is 0 Å². The molecule has 0 unspecified atom stereocenters. The Labute approximate surface area is 68.8 Å². The lowest BCUT2D eigenvalue weighted by Gasteiger charge is -2.00. The van der Waals surface area contributed by atoms with Gasteiger partial charge in [-0.25, -0.2) is 9.97 Å². The van der Waals surface area contributed by atoms with Crippen LogP contribution in [0.1, 0.15) is 0 Å². The molecule has 0 spiro atoms. The van der Waals surface area contributed by atoms with Gasteiger partial charge in [-0.1, -0.05) is 0 Å². The van der Waals surface area contributed by atoms with Crippen LogP contribution in [0.25, 0.3) is 11.2 Å². The zero-order valence-corrected chi connectivity index (χ0v) is 6.94. The van der Waals surface area contributed by atoms with Gasteiger partial charge in [0, 0.05) is 14.1 Å². The van der Waals surface area contributed by atoms with E-state index >= 15 is 0 Å². The smallest absolute Gasteiger partial charge is 0.176 e. The summed E-state index contributed by atoms with van der Waals surface area (Å²) < 4.78 is 3.72. The van der Waals surface area contributed by atoms with Crippen LogP contribution in [0.3, 0.4) is 0 Å². The van der Waals surface area contributed by atoms with Crippen LogP contribution in [0.15, 0.2) is 12.7 Å². The molecule has 0 saturated heterocycles. The van der Waals surface area contributed by atoms with Crippen molar-refractivity contribution in [3.8, 4) is 0 Å². The molecule has 2 rings (SSSR count). The highest BCUT2D eigenvalue weighted by atomic mass is 15.2. The third kappa shape index (κ3) is 0.761. The highest BCUT2D eigenvalue weighted by Crippen LogP contribution is 2.02. The van der Waals surface area contributed by atoms with Crippen molar-refractivity contribution < 1.29 is 0 Å². The number of aromatic nitrogens is 4. The minimum Gasteiger partial charge on any atom is -0.320 e. The van der Waals surface area contributed by atoms with Gasteiger partial charge in [0.05, 0.1) is 12.7 Å². The average molecular weight is 163 g/mol. The van der Waals surface area contributed by atoms with Gasteiger partial charge < -0.3 is 9.13 Å². The van der Waals surface area contributed by atoms with Gasteiger partial charge >= 0.3 is 0 Å². The number of fused-ring (bicyclic) bond motifs is 1. The number of aryl methyl sites for hydroxylation is 2. The molecular weight excluding hydrogens is 154 g/mol. The van der Waals surface area contributed by atoms with Crippen molar-refractivity contribution in [2.45, 2.75) is 0 Å². The molecule has 0 fully saturated rings. The first-order chi connectivity index (χ1) is 5.70. The summed E-state index contributed by atoms with van der Waals surface area (Å²) in [5.74, 6) is 0. The first-order valence-electron chi connectivity index (χ1n) is 3.57. The third-order valence-corrected chi connectivity index (χ3v) is 1.82. The molecule has 5 heteroatoms. The molecular formula is C7H9N5. The SMILES string of the molecule is Cn1cnc(=N)c2ncn(C)c21. The van der Waals surface area contributed by atoms with Gasteiger partial charge in [-0.05, 0) is 0 Å². The molecule has 2 heterocycles. The first kappa shape index (κ1) is 7.02. The van der Waals surface area contributed by atoms with Crippen LogP contribution in [0, 0.1) is 5.41 Å². The van der Waals surface area contributed by atoms with Gasteiger partial charge in [-0.3, -0.25) is 5.41 Å². The fraction of sp³-hybridized carbons (Fsp3) is 0.286. The van der Waals surface area contributed by atoms with Crippen LogP contribution in [-0.2, 0) is 14.1 Å². The highest BCUT2D eigenvalue weighted by Gasteiger charge is 2.03. The lowest BCUT2D eigenvalue weighted by molar-refractivity contribution is 0.825. The summed E-state index contributed by atoms with van der Waals surface area (Å²) in [5, 5.41) is 7.47. The van der Waals surface area contributed by atoms with E-state index in [1.54, 1.807) is 12.7 Å². The minimum absolute atomic E-state index is 0.226. The van der Waals surface area contributed by atoms with E-state index in [4.69, 9.17) is 5.41 Å². The molecule has 0 aromatic carbocycles. The molecule has 0 aliphatic heterocycles. The summed E-state index contributed by atoms with van der Waals surface area (Å²) in [7, 11) is 3.78. The number of hydrogen-bond acceptors (Lipinski definition) is 3. The molecule has 1 N–H and O–H groups in total. The molecule has 0 aliphatic carbocycles. The normalized spacial score (nSPS) is 10.8. The maximum absolute atomic E-state index is 7.47. The molecule has 12 heavy (non-hydrogen) atoms. The van der Waals surface area contributed by atoms with E-state index in [-0.39, 0.29) is 5.49 Å². The second-order valence-corrected chi connectivity index (χ2v) is 2.73. The number of rotatable bonds is 0. The summed E-state index contributed by atoms with van der Waals surface area (Å²) in [6.07, 6.45) is 3.30. The Morgan fingerprint density at radius 3 is 2.33 bits per heavy atom. The molecule has 0 aliphatic rings. The van der Waals surface area contributed by atoms with Crippen molar-refractivity contribution >= 4 is 11.2 Å². The van der Waals surface area contributed by atoms with E-state index in [0.29, 0.717) is 5.52 Å². The average Bonchev–Trinajstić information content (AvgIpc) is 2.42. The van der Waals surface area contributed by atoms with Gasteiger partial charge in [0.1, 0.15) is 11.2 Å². The van der Waals surface area contributed by atoms with Crippen LogP contribution >= 0.6 is 0 Å². The molecule has 2 aromatic rings. The van der Waals surface area contributed by atoms with E-state index in [2.05, 4.69) is 9.97 Å². The van der Waals surface area contributed by atoms with E-state index in [9.17, 15) is 0 Å². The largest absolute Gasteiger partial charge is 0.320 e. The summed E-state index contributed by atoms with van der Waals surface area (Å²) in [4.78, 5) is 7.94. The van der Waals surface area contributed by atoms with Crippen LogP contribution in [0.5, 0.6) is 0 Å². The Morgan fingerprint density at radius 2 is 1.75 bits per heavy atom. The van der Waals surface area contributed by atoms with Crippen LogP contribution in [0.2, 0.25) is 0 Å². The minimum atomic E-state index is 0.226. The highest BCUT2D eigenvalue weighted by molar-refractivity contribution is 5.68. The number of imidazole rings is 1. The number of nitrogens with zero attached hydrogens (tertiary/aromatic N) is 4. The molecule has 5 nitrogen and oxygen atoms in total. The van der Waals surface area contributed by atoms with Crippen molar-refractivity contribution in [2.24, 2.45) is 14.1 Å². The molecule has 0 atom stereocenters. The van der Waals surface area contributed by atoms with Crippen LogP contribution < -0.4 is 5.49 Å². The molecule has 62 valence electrons. The van der Waals surface area contributed by atoms with Gasteiger partial charge in [0.2, 0.25) is 0 Å². The second kappa shape index (κ2) is 2.17.